The van der Waals surface area contributed by atoms with Crippen LogP contribution in [0.25, 0.3) is 105 Å². The molecule has 12 aromatic rings. The molecule has 4 heterocycles. The summed E-state index contributed by atoms with van der Waals surface area (Å²) < 4.78 is 75.9. The van der Waals surface area contributed by atoms with Crippen molar-refractivity contribution in [2.24, 2.45) is 0 Å². The first-order chi connectivity index (χ1) is 35.2. The topological polar surface area (TPSA) is 56.7 Å². The molecule has 66 heavy (non-hydrogen) atoms. The van der Waals surface area contributed by atoms with Gasteiger partial charge < -0.3 is 14.0 Å². The molecule has 0 fully saturated rings. The molecule has 4 aromatic heterocycles. The summed E-state index contributed by atoms with van der Waals surface area (Å²) in [6, 6.07) is 60.1. The predicted octanol–water partition coefficient (Wildman–Crippen LogP) is 15.7. The van der Waals surface area contributed by atoms with Gasteiger partial charge in [0.05, 0.1) is 22.4 Å². The second-order valence-electron chi connectivity index (χ2n) is 17.3. The van der Waals surface area contributed by atoms with E-state index in [0.717, 1.165) is 44.2 Å². The fourth-order valence-electron chi connectivity index (χ4n) is 8.96. The molecule has 0 bridgehead atoms. The largest absolute Gasteiger partial charge is 0.486 e. The van der Waals surface area contributed by atoms with Gasteiger partial charge in [-0.05, 0) is 122 Å². The molecule has 323 valence electrons. The van der Waals surface area contributed by atoms with E-state index in [1.807, 2.05) is 30.3 Å². The van der Waals surface area contributed by atoms with E-state index in [1.165, 1.54) is 56.7 Å². The number of benzene rings is 8. The number of fused-ring (bicyclic) bond motifs is 10. The Morgan fingerprint density at radius 1 is 0.591 bits per heavy atom. The third-order valence-electron chi connectivity index (χ3n) is 12.1. The quantitative estimate of drug-likeness (QED) is 0.130. The van der Waals surface area contributed by atoms with Crippen molar-refractivity contribution in [2.75, 3.05) is 0 Å². The Labute approximate surface area is 410 Å². The van der Waals surface area contributed by atoms with Crippen molar-refractivity contribution in [3.05, 3.63) is 205 Å². The van der Waals surface area contributed by atoms with Crippen LogP contribution in [-0.4, -0.2) is 19.5 Å². The van der Waals surface area contributed by atoms with Crippen LogP contribution in [0.4, 0.5) is 0 Å². The Bertz CT molecular complexity index is 4040. The van der Waals surface area contributed by atoms with Crippen LogP contribution in [-0.2, 0) is 25.5 Å². The number of nitrogens with zero attached hydrogens (tertiary/aromatic N) is 4. The number of pyridine rings is 2. The average Bonchev–Trinajstić information content (AvgIpc) is 3.97. The summed E-state index contributed by atoms with van der Waals surface area (Å²) in [5, 5.41) is 9.08. The molecule has 5 nitrogen and oxygen atoms in total. The summed E-state index contributed by atoms with van der Waals surface area (Å²) in [5.41, 5.74) is 9.07. The summed E-state index contributed by atoms with van der Waals surface area (Å²) in [6.45, 7) is 0.0484. The van der Waals surface area contributed by atoms with Crippen molar-refractivity contribution in [1.82, 2.24) is 19.5 Å². The zero-order chi connectivity index (χ0) is 51.9. The van der Waals surface area contributed by atoms with Crippen molar-refractivity contribution >= 4 is 65.4 Å². The zero-order valence-electron chi connectivity index (χ0n) is 45.2. The maximum Gasteiger partial charge on any atom is 0.216 e. The monoisotopic (exact) mass is 1040 g/mol. The number of aryl methyl sites for hydroxylation is 3. The van der Waals surface area contributed by atoms with Gasteiger partial charge in [-0.3, -0.25) is 4.98 Å². The third-order valence-corrected chi connectivity index (χ3v) is 12.1. The number of hydrogen-bond acceptors (Lipinski definition) is 4. The van der Waals surface area contributed by atoms with Gasteiger partial charge in [-0.2, -0.15) is 0 Å². The molecule has 0 unspecified atom stereocenters. The number of imidazole rings is 1. The van der Waals surface area contributed by atoms with Gasteiger partial charge >= 0.3 is 0 Å². The number of furan rings is 1. The summed E-state index contributed by atoms with van der Waals surface area (Å²) in [5.74, 6) is 0.680. The predicted molar refractivity (Wildman–Crippen MR) is 270 cm³/mol. The number of para-hydroxylation sites is 2. The second kappa shape index (κ2) is 17.0. The standard InChI is InChI=1S/C47H34N3O.C13H12N.Ir/c1-28-20-23-37-36-16-11-17-38(44(36)51-46(37)48-28)45-49-41-18-9-10-19-43(41)50(45)42-25-22-30(27-40(42)47(2,3)4)29-21-24-35-33-14-6-5-12-31(33)32-13-7-8-15-34(32)39(35)26-29;1-10-3-6-12(7-4-10)13-8-5-11(2)9-14-13;/h5-16,18-27H,1-4H3;3-6,8-9H,1-2H3;/q2*-1;/i1D3;1D3,2D3;. The van der Waals surface area contributed by atoms with Crippen molar-refractivity contribution in [3.8, 4) is 39.5 Å². The smallest absolute Gasteiger partial charge is 0.216 e. The molecule has 0 aliphatic carbocycles. The second-order valence-corrected chi connectivity index (χ2v) is 17.3. The van der Waals surface area contributed by atoms with Crippen LogP contribution in [0, 0.1) is 32.7 Å². The van der Waals surface area contributed by atoms with Crippen LogP contribution in [0.1, 0.15) is 55.5 Å². The molecule has 0 aliphatic rings. The molecule has 6 heteroatoms. The molecule has 0 atom stereocenters. The zero-order valence-corrected chi connectivity index (χ0v) is 38.6. The molecule has 0 aliphatic heterocycles. The molecular formula is C60H46IrN4O-2. The Balaban J connectivity index is 0.000000258. The Hall–Kier alpha value is -7.24. The minimum absolute atomic E-state index is 0. The maximum atomic E-state index is 7.89. The Kier molecular flexibility index (Phi) is 8.55. The van der Waals surface area contributed by atoms with Crippen LogP contribution in [0.2, 0.25) is 0 Å². The first-order valence-corrected chi connectivity index (χ1v) is 21.4. The van der Waals surface area contributed by atoms with E-state index in [0.29, 0.717) is 28.2 Å². The van der Waals surface area contributed by atoms with E-state index >= 15 is 0 Å². The fraction of sp³-hybridized carbons (Fsp3) is 0.117. The molecule has 0 saturated heterocycles. The minimum atomic E-state index is -2.35. The molecule has 0 spiro atoms. The normalized spacial score (nSPS) is 14.3. The number of rotatable bonds is 4. The van der Waals surface area contributed by atoms with Crippen LogP contribution in [0.3, 0.4) is 0 Å². The molecule has 1 radical (unpaired) electrons. The van der Waals surface area contributed by atoms with Crippen molar-refractivity contribution in [3.63, 3.8) is 0 Å². The molecule has 0 saturated carbocycles. The van der Waals surface area contributed by atoms with Gasteiger partial charge in [0.15, 0.2) is 0 Å². The fourth-order valence-corrected chi connectivity index (χ4v) is 8.96. The first-order valence-electron chi connectivity index (χ1n) is 25.9. The Morgan fingerprint density at radius 3 is 1.97 bits per heavy atom. The van der Waals surface area contributed by atoms with Crippen LogP contribution in [0.15, 0.2) is 174 Å². The van der Waals surface area contributed by atoms with Gasteiger partial charge in [0.2, 0.25) is 5.71 Å². The number of hydrogen-bond donors (Lipinski definition) is 0. The van der Waals surface area contributed by atoms with Crippen LogP contribution in [0.5, 0.6) is 0 Å². The Morgan fingerprint density at radius 2 is 1.27 bits per heavy atom. The molecule has 0 amide bonds. The average molecular weight is 1040 g/mol. The maximum absolute atomic E-state index is 7.89. The summed E-state index contributed by atoms with van der Waals surface area (Å²) in [7, 11) is 0. The summed E-state index contributed by atoms with van der Waals surface area (Å²) in [4.78, 5) is 13.7. The summed E-state index contributed by atoms with van der Waals surface area (Å²) in [6.07, 6.45) is 1.30. The first kappa shape index (κ1) is 33.3. The van der Waals surface area contributed by atoms with E-state index in [4.69, 9.17) is 21.7 Å². The van der Waals surface area contributed by atoms with Gasteiger partial charge in [0.1, 0.15) is 0 Å². The number of aromatic nitrogens is 4. The van der Waals surface area contributed by atoms with Crippen LogP contribution >= 0.6 is 0 Å². The third kappa shape index (κ3) is 7.56. The van der Waals surface area contributed by atoms with Crippen molar-refractivity contribution in [1.29, 1.82) is 0 Å². The molecule has 12 rings (SSSR count). The van der Waals surface area contributed by atoms with Gasteiger partial charge in [-0.1, -0.05) is 130 Å². The van der Waals surface area contributed by atoms with Gasteiger partial charge in [-0.15, -0.1) is 53.6 Å². The van der Waals surface area contributed by atoms with E-state index in [2.05, 4.69) is 138 Å². The van der Waals surface area contributed by atoms with Crippen molar-refractivity contribution < 1.29 is 36.9 Å². The summed E-state index contributed by atoms with van der Waals surface area (Å²) >= 11 is 0. The van der Waals surface area contributed by atoms with E-state index in [1.54, 1.807) is 24.3 Å². The van der Waals surface area contributed by atoms with Crippen LogP contribution < -0.4 is 0 Å². The van der Waals surface area contributed by atoms with Crippen molar-refractivity contribution in [2.45, 2.75) is 46.7 Å². The molecule has 8 aromatic carbocycles. The van der Waals surface area contributed by atoms with E-state index in [-0.39, 0.29) is 48.1 Å². The molecular weight excluding hydrogens is 985 g/mol. The van der Waals surface area contributed by atoms with Gasteiger partial charge in [0, 0.05) is 55.4 Å². The van der Waals surface area contributed by atoms with E-state index in [9.17, 15) is 0 Å². The SMILES string of the molecule is [2H]C([2H])([2H])c1c[c-]c(-c2ccc(C([2H])([2H])[2H])cn2)cc1.[2H]C([2H])([2H])c1ccc2c(n1)oc1c(-c3nc4ccccc4n3-c3ccc(-c4ccc5c6ccccc6c6ccccc6c5c4)cc3C(C)(C)C)[c-]ccc12.[Ir]. The minimum Gasteiger partial charge on any atom is -0.486 e. The van der Waals surface area contributed by atoms with Gasteiger partial charge in [-0.25, -0.2) is 4.98 Å². The van der Waals surface area contributed by atoms with E-state index < -0.39 is 20.6 Å². The van der Waals surface area contributed by atoms with Gasteiger partial charge in [0.25, 0.3) is 0 Å². The molecule has 0 N–H and O–H groups in total.